The molecule has 1 saturated carbocycles. The highest BCUT2D eigenvalue weighted by atomic mass is 15.0. The molecule has 1 fully saturated rings. The van der Waals surface area contributed by atoms with Gasteiger partial charge in [-0.25, -0.2) is 4.98 Å². The van der Waals surface area contributed by atoms with E-state index < -0.39 is 0 Å². The number of hydrogen-bond acceptors (Lipinski definition) is 3. The highest BCUT2D eigenvalue weighted by molar-refractivity contribution is 5.43. The second kappa shape index (κ2) is 5.89. The summed E-state index contributed by atoms with van der Waals surface area (Å²) in [5.41, 5.74) is 6.32. The van der Waals surface area contributed by atoms with E-state index in [-0.39, 0.29) is 0 Å². The van der Waals surface area contributed by atoms with Gasteiger partial charge in [-0.15, -0.1) is 0 Å². The Morgan fingerprint density at radius 2 is 2.29 bits per heavy atom. The molecule has 1 aromatic rings. The summed E-state index contributed by atoms with van der Waals surface area (Å²) in [6.07, 6.45) is 8.59. The second-order valence-electron chi connectivity index (χ2n) is 5.33. The van der Waals surface area contributed by atoms with Crippen molar-refractivity contribution in [2.75, 3.05) is 17.6 Å². The summed E-state index contributed by atoms with van der Waals surface area (Å²) in [7, 11) is 0. The zero-order chi connectivity index (χ0) is 12.1. The predicted octanol–water partition coefficient (Wildman–Crippen LogP) is 3.29. The number of pyridine rings is 1. The Labute approximate surface area is 104 Å². The lowest BCUT2D eigenvalue weighted by Gasteiger charge is -2.26. The molecule has 0 radical (unpaired) electrons. The summed E-state index contributed by atoms with van der Waals surface area (Å²) in [5, 5.41) is 3.37. The fourth-order valence-electron chi connectivity index (χ4n) is 2.74. The minimum Gasteiger partial charge on any atom is -0.397 e. The van der Waals surface area contributed by atoms with Crippen molar-refractivity contribution >= 4 is 11.5 Å². The van der Waals surface area contributed by atoms with Crippen LogP contribution in [0.5, 0.6) is 0 Å². The number of hydrogen-bond donors (Lipinski definition) is 2. The topological polar surface area (TPSA) is 50.9 Å². The van der Waals surface area contributed by atoms with Crippen molar-refractivity contribution in [3.8, 4) is 0 Å². The molecule has 2 atom stereocenters. The van der Waals surface area contributed by atoms with Gasteiger partial charge in [0.1, 0.15) is 5.82 Å². The molecule has 0 aromatic carbocycles. The molecule has 2 rings (SSSR count). The molecule has 1 aromatic heterocycles. The molecule has 2 unspecified atom stereocenters. The number of nitrogens with one attached hydrogen (secondary N) is 1. The number of nitrogens with two attached hydrogens (primary N) is 1. The summed E-state index contributed by atoms with van der Waals surface area (Å²) >= 11 is 0. The number of aromatic nitrogens is 1. The van der Waals surface area contributed by atoms with E-state index in [1.54, 1.807) is 6.20 Å². The first-order valence-electron chi connectivity index (χ1n) is 6.69. The molecule has 0 spiro atoms. The van der Waals surface area contributed by atoms with Gasteiger partial charge < -0.3 is 11.1 Å². The van der Waals surface area contributed by atoms with Crippen molar-refractivity contribution in [3.63, 3.8) is 0 Å². The maximum Gasteiger partial charge on any atom is 0.126 e. The Morgan fingerprint density at radius 1 is 1.41 bits per heavy atom. The van der Waals surface area contributed by atoms with Crippen LogP contribution in [0.15, 0.2) is 18.3 Å². The monoisotopic (exact) mass is 233 g/mol. The smallest absolute Gasteiger partial charge is 0.126 e. The van der Waals surface area contributed by atoms with Crippen LogP contribution in [-0.4, -0.2) is 11.5 Å². The summed E-state index contributed by atoms with van der Waals surface area (Å²) < 4.78 is 0. The van der Waals surface area contributed by atoms with E-state index in [0.29, 0.717) is 0 Å². The molecule has 3 heteroatoms. The standard InChI is InChI=1S/C14H23N3/c1-11-3-2-4-12(9-11)7-8-16-14-6-5-13(15)10-17-14/h5-6,10-12H,2-4,7-9,15H2,1H3,(H,16,17). The van der Waals surface area contributed by atoms with Gasteiger partial charge in [0, 0.05) is 6.54 Å². The van der Waals surface area contributed by atoms with Crippen molar-refractivity contribution in [1.82, 2.24) is 4.98 Å². The average molecular weight is 233 g/mol. The van der Waals surface area contributed by atoms with Crippen LogP contribution in [0.2, 0.25) is 0 Å². The number of nitrogen functional groups attached to an aromatic ring is 1. The van der Waals surface area contributed by atoms with Crippen LogP contribution in [0.4, 0.5) is 11.5 Å². The lowest BCUT2D eigenvalue weighted by Crippen LogP contribution is -2.16. The Balaban J connectivity index is 1.70. The van der Waals surface area contributed by atoms with Crippen molar-refractivity contribution < 1.29 is 0 Å². The Morgan fingerprint density at radius 3 is 3.00 bits per heavy atom. The van der Waals surface area contributed by atoms with Crippen LogP contribution in [0, 0.1) is 11.8 Å². The molecule has 1 aliphatic carbocycles. The molecule has 3 N–H and O–H groups in total. The van der Waals surface area contributed by atoms with Gasteiger partial charge in [0.25, 0.3) is 0 Å². The molecular formula is C14H23N3. The van der Waals surface area contributed by atoms with Crippen LogP contribution < -0.4 is 11.1 Å². The first-order valence-corrected chi connectivity index (χ1v) is 6.69. The molecule has 94 valence electrons. The van der Waals surface area contributed by atoms with E-state index >= 15 is 0 Å². The van der Waals surface area contributed by atoms with Crippen molar-refractivity contribution in [3.05, 3.63) is 18.3 Å². The van der Waals surface area contributed by atoms with Crippen LogP contribution in [0.25, 0.3) is 0 Å². The maximum atomic E-state index is 5.60. The van der Waals surface area contributed by atoms with Crippen LogP contribution in [0.3, 0.4) is 0 Å². The predicted molar refractivity (Wildman–Crippen MR) is 72.9 cm³/mol. The summed E-state index contributed by atoms with van der Waals surface area (Å²) in [6.45, 7) is 3.40. The van der Waals surface area contributed by atoms with Gasteiger partial charge in [-0.1, -0.05) is 26.2 Å². The fourth-order valence-corrected chi connectivity index (χ4v) is 2.74. The van der Waals surface area contributed by atoms with E-state index in [2.05, 4.69) is 17.2 Å². The number of anilines is 2. The first-order chi connectivity index (χ1) is 8.24. The van der Waals surface area contributed by atoms with Gasteiger partial charge in [-0.3, -0.25) is 0 Å². The SMILES string of the molecule is CC1CCCC(CCNc2ccc(N)cn2)C1. The van der Waals surface area contributed by atoms with Crippen LogP contribution >= 0.6 is 0 Å². The molecule has 1 heterocycles. The number of nitrogens with zero attached hydrogens (tertiary/aromatic N) is 1. The quantitative estimate of drug-likeness (QED) is 0.839. The van der Waals surface area contributed by atoms with Crippen LogP contribution in [0.1, 0.15) is 39.0 Å². The van der Waals surface area contributed by atoms with Gasteiger partial charge in [0.05, 0.1) is 11.9 Å². The molecule has 0 amide bonds. The van der Waals surface area contributed by atoms with E-state index in [9.17, 15) is 0 Å². The van der Waals surface area contributed by atoms with Crippen molar-refractivity contribution in [2.24, 2.45) is 11.8 Å². The molecule has 17 heavy (non-hydrogen) atoms. The lowest BCUT2D eigenvalue weighted by atomic mass is 9.81. The molecule has 1 aliphatic rings. The summed E-state index contributed by atoms with van der Waals surface area (Å²) in [6, 6.07) is 3.83. The zero-order valence-electron chi connectivity index (χ0n) is 10.7. The van der Waals surface area contributed by atoms with Gasteiger partial charge in [0.2, 0.25) is 0 Å². The molecular weight excluding hydrogens is 210 g/mol. The van der Waals surface area contributed by atoms with Gasteiger partial charge in [-0.05, 0) is 36.8 Å². The minimum absolute atomic E-state index is 0.719. The number of rotatable bonds is 4. The highest BCUT2D eigenvalue weighted by Crippen LogP contribution is 2.30. The molecule has 3 nitrogen and oxygen atoms in total. The first kappa shape index (κ1) is 12.2. The molecule has 0 aliphatic heterocycles. The van der Waals surface area contributed by atoms with E-state index in [1.165, 1.54) is 32.1 Å². The van der Waals surface area contributed by atoms with Crippen molar-refractivity contribution in [1.29, 1.82) is 0 Å². The van der Waals surface area contributed by atoms with Gasteiger partial charge >= 0.3 is 0 Å². The summed E-state index contributed by atoms with van der Waals surface area (Å²) in [5.74, 6) is 2.76. The van der Waals surface area contributed by atoms with E-state index in [4.69, 9.17) is 5.73 Å². The summed E-state index contributed by atoms with van der Waals surface area (Å²) in [4.78, 5) is 4.24. The molecule has 0 bridgehead atoms. The second-order valence-corrected chi connectivity index (χ2v) is 5.33. The lowest BCUT2D eigenvalue weighted by molar-refractivity contribution is 0.274. The Kier molecular flexibility index (Phi) is 4.24. The van der Waals surface area contributed by atoms with Crippen LogP contribution in [-0.2, 0) is 0 Å². The molecule has 0 saturated heterocycles. The fraction of sp³-hybridized carbons (Fsp3) is 0.643. The van der Waals surface area contributed by atoms with E-state index in [0.717, 1.165) is 29.9 Å². The van der Waals surface area contributed by atoms with Gasteiger partial charge in [0.15, 0.2) is 0 Å². The Bertz CT molecular complexity index is 334. The zero-order valence-corrected chi connectivity index (χ0v) is 10.7. The van der Waals surface area contributed by atoms with Crippen molar-refractivity contribution in [2.45, 2.75) is 39.0 Å². The third-order valence-corrected chi connectivity index (χ3v) is 3.69. The van der Waals surface area contributed by atoms with E-state index in [1.807, 2.05) is 12.1 Å². The third-order valence-electron chi connectivity index (χ3n) is 3.69. The normalized spacial score (nSPS) is 24.5. The minimum atomic E-state index is 0.719. The highest BCUT2D eigenvalue weighted by Gasteiger charge is 2.18. The van der Waals surface area contributed by atoms with Gasteiger partial charge in [-0.2, -0.15) is 0 Å². The largest absolute Gasteiger partial charge is 0.397 e. The third kappa shape index (κ3) is 3.91. The Hall–Kier alpha value is -1.25. The maximum absolute atomic E-state index is 5.60. The average Bonchev–Trinajstić information content (AvgIpc) is 2.32.